The van der Waals surface area contributed by atoms with E-state index in [2.05, 4.69) is 18.7 Å². The highest BCUT2D eigenvalue weighted by Crippen LogP contribution is 2.31. The molecule has 0 bridgehead atoms. The maximum atomic E-state index is 14.2. The van der Waals surface area contributed by atoms with Crippen LogP contribution >= 0.6 is 0 Å². The second kappa shape index (κ2) is 13.6. The molecule has 1 aliphatic rings. The summed E-state index contributed by atoms with van der Waals surface area (Å²) in [7, 11) is 0. The second-order valence-corrected chi connectivity index (χ2v) is 9.09. The van der Waals surface area contributed by atoms with E-state index < -0.39 is 11.6 Å². The Hall–Kier alpha value is -2.28. The number of carbonyl (C=O) groups is 2. The van der Waals surface area contributed by atoms with Crippen LogP contribution in [0.4, 0.5) is 8.78 Å². The lowest BCUT2D eigenvalue weighted by atomic mass is 10.0. The first kappa shape index (κ1) is 28.0. The number of likely N-dealkylation sites (N-methyl/N-ethyl adjacent to an activating group) is 2. The Labute approximate surface area is 203 Å². The molecule has 5 nitrogen and oxygen atoms in total. The van der Waals surface area contributed by atoms with Crippen LogP contribution in [0, 0.1) is 11.6 Å². The first-order valence-corrected chi connectivity index (χ1v) is 12.6. The van der Waals surface area contributed by atoms with Gasteiger partial charge < -0.3 is 14.7 Å². The Kier molecular flexibility index (Phi) is 11.2. The molecule has 0 aliphatic heterocycles. The molecule has 0 spiro atoms. The Morgan fingerprint density at radius 3 is 2.35 bits per heavy atom. The molecule has 1 aliphatic carbocycles. The van der Waals surface area contributed by atoms with Gasteiger partial charge in [-0.05, 0) is 89.7 Å². The first-order chi connectivity index (χ1) is 16.2. The molecule has 1 atom stereocenters. The number of hydrogen-bond donors (Lipinski definition) is 0. The van der Waals surface area contributed by atoms with Gasteiger partial charge in [0.25, 0.3) is 0 Å². The zero-order valence-corrected chi connectivity index (χ0v) is 21.5. The van der Waals surface area contributed by atoms with Gasteiger partial charge in [0, 0.05) is 36.9 Å². The number of halogens is 2. The van der Waals surface area contributed by atoms with Gasteiger partial charge in [0.15, 0.2) is 5.78 Å². The van der Waals surface area contributed by atoms with E-state index in [4.69, 9.17) is 0 Å². The zero-order chi connectivity index (χ0) is 25.3. The minimum absolute atomic E-state index is 0.0285. The van der Waals surface area contributed by atoms with Gasteiger partial charge in [-0.2, -0.15) is 0 Å². The molecular weight excluding hydrogens is 436 g/mol. The van der Waals surface area contributed by atoms with Crippen molar-refractivity contribution in [3.63, 3.8) is 0 Å². The van der Waals surface area contributed by atoms with Crippen LogP contribution in [0.3, 0.4) is 0 Å². The van der Waals surface area contributed by atoms with Gasteiger partial charge >= 0.3 is 0 Å². The number of aryl methyl sites for hydroxylation is 1. The summed E-state index contributed by atoms with van der Waals surface area (Å²) in [5.41, 5.74) is 2.07. The van der Waals surface area contributed by atoms with Crippen LogP contribution in [0.15, 0.2) is 29.5 Å². The molecule has 0 N–H and O–H groups in total. The van der Waals surface area contributed by atoms with Crippen LogP contribution in [0.25, 0.3) is 0 Å². The quantitative estimate of drug-likeness (QED) is 0.386. The molecule has 7 heteroatoms. The van der Waals surface area contributed by atoms with Gasteiger partial charge in [0.1, 0.15) is 11.6 Å². The average Bonchev–Trinajstić information content (AvgIpc) is 3.30. The fourth-order valence-electron chi connectivity index (χ4n) is 4.70. The molecule has 1 amide bonds. The van der Waals surface area contributed by atoms with Crippen LogP contribution in [-0.4, -0.2) is 71.7 Å². The largest absolute Gasteiger partial charge is 0.362 e. The second-order valence-electron chi connectivity index (χ2n) is 9.09. The number of benzene rings is 1. The van der Waals surface area contributed by atoms with Crippen LogP contribution in [-0.2, 0) is 16.0 Å². The number of allylic oxidation sites excluding steroid dienone is 2. The summed E-state index contributed by atoms with van der Waals surface area (Å²) in [5.74, 6) is -0.808. The summed E-state index contributed by atoms with van der Waals surface area (Å²) in [4.78, 5) is 31.8. The van der Waals surface area contributed by atoms with Gasteiger partial charge in [-0.3, -0.25) is 9.59 Å². The number of ketones is 1. The molecule has 0 heterocycles. The van der Waals surface area contributed by atoms with E-state index in [1.165, 1.54) is 6.07 Å². The highest BCUT2D eigenvalue weighted by Gasteiger charge is 2.28. The Morgan fingerprint density at radius 1 is 1.03 bits per heavy atom. The van der Waals surface area contributed by atoms with E-state index in [-0.39, 0.29) is 24.3 Å². The lowest BCUT2D eigenvalue weighted by molar-refractivity contribution is -0.132. The van der Waals surface area contributed by atoms with E-state index in [1.807, 2.05) is 23.6 Å². The molecule has 0 fully saturated rings. The number of Topliss-reactive ketones (excluding diaryl/α,β-unsaturated/α-hetero) is 1. The summed E-state index contributed by atoms with van der Waals surface area (Å²) in [5, 5.41) is 0. The molecule has 190 valence electrons. The zero-order valence-electron chi connectivity index (χ0n) is 21.5. The van der Waals surface area contributed by atoms with Crippen LogP contribution < -0.4 is 0 Å². The number of hydrogen-bond acceptors (Lipinski definition) is 4. The highest BCUT2D eigenvalue weighted by molar-refractivity contribution is 5.94. The van der Waals surface area contributed by atoms with Gasteiger partial charge in [0.05, 0.1) is 6.54 Å². The lowest BCUT2D eigenvalue weighted by Gasteiger charge is -2.35. The lowest BCUT2D eigenvalue weighted by Crippen LogP contribution is -2.46. The van der Waals surface area contributed by atoms with E-state index >= 15 is 0 Å². The summed E-state index contributed by atoms with van der Waals surface area (Å²) in [6.07, 6.45) is 3.28. The predicted octanol–water partition coefficient (Wildman–Crippen LogP) is 4.81. The summed E-state index contributed by atoms with van der Waals surface area (Å²) in [6, 6.07) is 3.40. The monoisotopic (exact) mass is 477 g/mol. The van der Waals surface area contributed by atoms with Crippen molar-refractivity contribution in [1.29, 1.82) is 0 Å². The van der Waals surface area contributed by atoms with Crippen LogP contribution in [0.1, 0.15) is 65.9 Å². The highest BCUT2D eigenvalue weighted by atomic mass is 19.1. The van der Waals surface area contributed by atoms with Crippen LogP contribution in [0.2, 0.25) is 0 Å². The molecular formula is C27H41F2N3O2. The molecule has 1 aromatic carbocycles. The van der Waals surface area contributed by atoms with Crippen LogP contribution in [0.5, 0.6) is 0 Å². The fraction of sp³-hybridized carbons (Fsp3) is 0.630. The van der Waals surface area contributed by atoms with E-state index in [0.29, 0.717) is 31.5 Å². The molecule has 2 rings (SSSR count). The van der Waals surface area contributed by atoms with Crippen molar-refractivity contribution in [2.75, 3.05) is 39.3 Å². The maximum absolute atomic E-state index is 14.2. The third-order valence-corrected chi connectivity index (χ3v) is 6.95. The Balaban J connectivity index is 2.20. The maximum Gasteiger partial charge on any atom is 0.242 e. The van der Waals surface area contributed by atoms with E-state index in [1.54, 1.807) is 6.92 Å². The van der Waals surface area contributed by atoms with E-state index in [9.17, 15) is 18.4 Å². The summed E-state index contributed by atoms with van der Waals surface area (Å²) >= 11 is 0. The number of nitrogens with zero attached hydrogens (tertiary/aromatic N) is 3. The predicted molar refractivity (Wildman–Crippen MR) is 132 cm³/mol. The van der Waals surface area contributed by atoms with Crippen molar-refractivity contribution in [3.8, 4) is 0 Å². The van der Waals surface area contributed by atoms with Crippen molar-refractivity contribution in [2.24, 2.45) is 0 Å². The van der Waals surface area contributed by atoms with Crippen molar-refractivity contribution >= 4 is 11.7 Å². The molecule has 0 radical (unpaired) electrons. The smallest absolute Gasteiger partial charge is 0.242 e. The SMILES string of the molecule is CCN(CC)CCN(CC)C(=O)CN(C1=C(C(C)=O)CCC1)C(C)CCc1cc(F)ccc1F. The van der Waals surface area contributed by atoms with Gasteiger partial charge in [-0.15, -0.1) is 0 Å². The number of carbonyl (C=O) groups excluding carboxylic acids is 2. The fourth-order valence-corrected chi connectivity index (χ4v) is 4.70. The topological polar surface area (TPSA) is 43.9 Å². The minimum atomic E-state index is -0.458. The molecule has 1 unspecified atom stereocenters. The Morgan fingerprint density at radius 2 is 1.74 bits per heavy atom. The normalized spacial score (nSPS) is 14.6. The van der Waals surface area contributed by atoms with Gasteiger partial charge in [-0.25, -0.2) is 8.78 Å². The third kappa shape index (κ3) is 7.62. The van der Waals surface area contributed by atoms with Gasteiger partial charge in [-0.1, -0.05) is 13.8 Å². The summed E-state index contributed by atoms with van der Waals surface area (Å²) < 4.78 is 27.8. The molecule has 1 aromatic rings. The standard InChI is InChI=1S/C27H41F2N3O2/c1-6-30(7-2)16-17-31(8-3)27(34)19-32(26-11-9-10-24(26)21(5)33)20(4)12-13-22-18-23(28)14-15-25(22)29/h14-15,18,20H,6-13,16-17,19H2,1-5H3. The van der Waals surface area contributed by atoms with E-state index in [0.717, 1.165) is 62.3 Å². The third-order valence-electron chi connectivity index (χ3n) is 6.95. The van der Waals surface area contributed by atoms with Crippen molar-refractivity contribution in [3.05, 3.63) is 46.7 Å². The van der Waals surface area contributed by atoms with Crippen molar-refractivity contribution in [2.45, 2.75) is 72.8 Å². The molecule has 0 saturated carbocycles. The number of amides is 1. The molecule has 0 aromatic heterocycles. The van der Waals surface area contributed by atoms with Crippen molar-refractivity contribution < 1.29 is 18.4 Å². The first-order valence-electron chi connectivity index (χ1n) is 12.6. The Bertz CT molecular complexity index is 867. The van der Waals surface area contributed by atoms with Gasteiger partial charge in [0.2, 0.25) is 5.91 Å². The summed E-state index contributed by atoms with van der Waals surface area (Å²) in [6.45, 7) is 14.0. The minimum Gasteiger partial charge on any atom is -0.362 e. The molecule has 34 heavy (non-hydrogen) atoms. The average molecular weight is 478 g/mol. The van der Waals surface area contributed by atoms with Crippen molar-refractivity contribution in [1.82, 2.24) is 14.7 Å². The number of rotatable bonds is 14. The molecule has 0 saturated heterocycles.